The lowest BCUT2D eigenvalue weighted by molar-refractivity contribution is -0.141. The smallest absolute Gasteiger partial charge is 0.233 e. The fourth-order valence-electron chi connectivity index (χ4n) is 5.06. The molecule has 4 atom stereocenters. The number of aliphatic hydroxyl groups excluding tert-OH is 1. The molecule has 3 amide bonds. The van der Waals surface area contributed by atoms with Crippen LogP contribution in [-0.4, -0.2) is 58.9 Å². The van der Waals surface area contributed by atoms with E-state index in [9.17, 15) is 19.5 Å². The molecular formula is C22H28N2O5. The molecule has 0 radical (unpaired) electrons. The highest BCUT2D eigenvalue weighted by atomic mass is 16.5. The second kappa shape index (κ2) is 8.14. The summed E-state index contributed by atoms with van der Waals surface area (Å²) in [6.45, 7) is 0.384. The molecule has 29 heavy (non-hydrogen) atoms. The van der Waals surface area contributed by atoms with E-state index in [2.05, 4.69) is 0 Å². The highest BCUT2D eigenvalue weighted by Gasteiger charge is 2.48. The minimum Gasteiger partial charge on any atom is -0.497 e. The first-order chi connectivity index (χ1) is 14.0. The fourth-order valence-corrected chi connectivity index (χ4v) is 5.06. The maximum atomic E-state index is 12.9. The van der Waals surface area contributed by atoms with E-state index >= 15 is 0 Å². The van der Waals surface area contributed by atoms with Crippen LogP contribution in [0.15, 0.2) is 24.3 Å². The molecule has 1 saturated carbocycles. The summed E-state index contributed by atoms with van der Waals surface area (Å²) in [5, 5.41) is 10.2. The molecule has 3 fully saturated rings. The van der Waals surface area contributed by atoms with E-state index in [1.807, 2.05) is 24.3 Å². The van der Waals surface area contributed by atoms with Crippen molar-refractivity contribution in [1.29, 1.82) is 0 Å². The van der Waals surface area contributed by atoms with Gasteiger partial charge in [0.05, 0.1) is 31.1 Å². The summed E-state index contributed by atoms with van der Waals surface area (Å²) >= 11 is 0. The summed E-state index contributed by atoms with van der Waals surface area (Å²) in [6.07, 6.45) is 3.48. The second-order valence-corrected chi connectivity index (χ2v) is 8.30. The van der Waals surface area contributed by atoms with Gasteiger partial charge in [-0.25, -0.2) is 0 Å². The van der Waals surface area contributed by atoms with Crippen molar-refractivity contribution in [2.24, 2.45) is 11.8 Å². The number of ether oxygens (including phenoxy) is 1. The van der Waals surface area contributed by atoms with E-state index in [0.29, 0.717) is 12.2 Å². The number of aliphatic hydroxyl groups is 1. The molecule has 2 aliphatic heterocycles. The van der Waals surface area contributed by atoms with E-state index in [4.69, 9.17) is 4.74 Å². The van der Waals surface area contributed by atoms with E-state index in [-0.39, 0.29) is 55.1 Å². The van der Waals surface area contributed by atoms with Gasteiger partial charge in [-0.15, -0.1) is 0 Å². The highest BCUT2D eigenvalue weighted by molar-refractivity contribution is 6.05. The number of amides is 3. The van der Waals surface area contributed by atoms with E-state index in [0.717, 1.165) is 31.2 Å². The van der Waals surface area contributed by atoms with Crippen molar-refractivity contribution < 1.29 is 24.2 Å². The van der Waals surface area contributed by atoms with Crippen molar-refractivity contribution in [2.45, 2.75) is 50.7 Å². The number of imide groups is 1. The number of methoxy groups -OCH3 is 1. The van der Waals surface area contributed by atoms with Gasteiger partial charge in [-0.3, -0.25) is 19.3 Å². The monoisotopic (exact) mass is 400 g/mol. The Morgan fingerprint density at radius 1 is 1.17 bits per heavy atom. The van der Waals surface area contributed by atoms with Crippen LogP contribution in [0.2, 0.25) is 0 Å². The van der Waals surface area contributed by atoms with Gasteiger partial charge in [0, 0.05) is 19.5 Å². The van der Waals surface area contributed by atoms with Crippen molar-refractivity contribution in [3.8, 4) is 5.75 Å². The Kier molecular flexibility index (Phi) is 5.58. The third-order valence-electron chi connectivity index (χ3n) is 6.56. The second-order valence-electron chi connectivity index (χ2n) is 8.30. The maximum Gasteiger partial charge on any atom is 0.233 e. The number of rotatable bonds is 5. The minimum atomic E-state index is -0.590. The predicted molar refractivity (Wildman–Crippen MR) is 105 cm³/mol. The number of fused-ring (bicyclic) bond motifs is 1. The molecule has 0 spiro atoms. The Bertz CT molecular complexity index is 786. The van der Waals surface area contributed by atoms with Gasteiger partial charge in [0.1, 0.15) is 5.75 Å². The summed E-state index contributed by atoms with van der Waals surface area (Å²) in [5.41, 5.74) is 0.911. The average Bonchev–Trinajstić information content (AvgIpc) is 3.25. The Morgan fingerprint density at radius 3 is 2.52 bits per heavy atom. The van der Waals surface area contributed by atoms with Crippen molar-refractivity contribution in [2.75, 3.05) is 20.2 Å². The number of benzene rings is 1. The van der Waals surface area contributed by atoms with Crippen LogP contribution in [0.5, 0.6) is 5.75 Å². The lowest BCUT2D eigenvalue weighted by atomic mass is 9.81. The molecule has 1 aliphatic carbocycles. The Morgan fingerprint density at radius 2 is 1.86 bits per heavy atom. The Labute approximate surface area is 170 Å². The van der Waals surface area contributed by atoms with Gasteiger partial charge in [-0.1, -0.05) is 25.0 Å². The van der Waals surface area contributed by atoms with Crippen LogP contribution >= 0.6 is 0 Å². The van der Waals surface area contributed by atoms with Crippen molar-refractivity contribution in [1.82, 2.24) is 9.80 Å². The van der Waals surface area contributed by atoms with Crippen LogP contribution in [-0.2, 0) is 14.4 Å². The van der Waals surface area contributed by atoms with Gasteiger partial charge in [0.25, 0.3) is 0 Å². The van der Waals surface area contributed by atoms with Gasteiger partial charge < -0.3 is 14.7 Å². The number of hydrogen-bond acceptors (Lipinski definition) is 5. The first kappa shape index (κ1) is 19.9. The van der Waals surface area contributed by atoms with E-state index < -0.39 is 6.10 Å². The summed E-state index contributed by atoms with van der Waals surface area (Å²) in [4.78, 5) is 41.1. The SMILES string of the molecule is COc1cccc([C@@H]2C[C@H](O)CN2C(=O)CCN2C(=O)[C@H]3CCCC[C@@H]3C2=O)c1. The van der Waals surface area contributed by atoms with Crippen LogP contribution in [0.25, 0.3) is 0 Å². The Balaban J connectivity index is 1.43. The molecule has 156 valence electrons. The van der Waals surface area contributed by atoms with E-state index in [1.165, 1.54) is 4.90 Å². The lowest BCUT2D eigenvalue weighted by Crippen LogP contribution is -2.37. The third-order valence-corrected chi connectivity index (χ3v) is 6.56. The van der Waals surface area contributed by atoms with Gasteiger partial charge in [-0.2, -0.15) is 0 Å². The standard InChI is InChI=1S/C22H28N2O5/c1-29-16-6-4-5-14(11-16)19-12-15(25)13-24(19)20(26)9-10-23-21(27)17-7-2-3-8-18(17)22(23)28/h4-6,11,15,17-19,25H,2-3,7-10,12-13H2,1H3/t15-,17-,18-,19-/m0/s1. The molecule has 1 aromatic rings. The zero-order chi connectivity index (χ0) is 20.5. The van der Waals surface area contributed by atoms with Gasteiger partial charge >= 0.3 is 0 Å². The number of β-amino-alcohol motifs (C(OH)–C–C–N with tert-alkyl or cyclic N) is 1. The molecule has 0 unspecified atom stereocenters. The summed E-state index contributed by atoms with van der Waals surface area (Å²) in [7, 11) is 1.59. The predicted octanol–water partition coefficient (Wildman–Crippen LogP) is 1.89. The molecule has 4 rings (SSSR count). The summed E-state index contributed by atoms with van der Waals surface area (Å²) < 4.78 is 5.27. The van der Waals surface area contributed by atoms with Crippen LogP contribution in [0.1, 0.15) is 50.1 Å². The normalized spacial score (nSPS) is 29.3. The molecule has 7 heteroatoms. The quantitative estimate of drug-likeness (QED) is 0.763. The number of likely N-dealkylation sites (tertiary alicyclic amines) is 2. The maximum absolute atomic E-state index is 12.9. The number of carbonyl (C=O) groups is 3. The van der Waals surface area contributed by atoms with Crippen molar-refractivity contribution in [3.63, 3.8) is 0 Å². The van der Waals surface area contributed by atoms with Crippen LogP contribution in [0.3, 0.4) is 0 Å². The molecule has 1 N–H and O–H groups in total. The van der Waals surface area contributed by atoms with Gasteiger partial charge in [0.2, 0.25) is 17.7 Å². The number of nitrogens with zero attached hydrogens (tertiary/aromatic N) is 2. The number of carbonyl (C=O) groups excluding carboxylic acids is 3. The molecule has 1 aromatic carbocycles. The first-order valence-electron chi connectivity index (χ1n) is 10.5. The largest absolute Gasteiger partial charge is 0.497 e. The Hall–Kier alpha value is -2.41. The molecule has 2 saturated heterocycles. The van der Waals surface area contributed by atoms with Crippen LogP contribution in [0, 0.1) is 11.8 Å². The minimum absolute atomic E-state index is 0.0874. The van der Waals surface area contributed by atoms with Crippen LogP contribution in [0.4, 0.5) is 0 Å². The molecular weight excluding hydrogens is 372 g/mol. The highest BCUT2D eigenvalue weighted by Crippen LogP contribution is 2.38. The topological polar surface area (TPSA) is 87.2 Å². The summed E-state index contributed by atoms with van der Waals surface area (Å²) in [6, 6.07) is 7.26. The molecule has 0 aromatic heterocycles. The lowest BCUT2D eigenvalue weighted by Gasteiger charge is -2.26. The average molecular weight is 400 g/mol. The number of hydrogen-bond donors (Lipinski definition) is 1. The fraction of sp³-hybridized carbons (Fsp3) is 0.591. The van der Waals surface area contributed by atoms with Gasteiger partial charge in [0.15, 0.2) is 0 Å². The molecule has 7 nitrogen and oxygen atoms in total. The third kappa shape index (κ3) is 3.75. The van der Waals surface area contributed by atoms with Crippen molar-refractivity contribution >= 4 is 17.7 Å². The zero-order valence-corrected chi connectivity index (χ0v) is 16.8. The van der Waals surface area contributed by atoms with E-state index in [1.54, 1.807) is 12.0 Å². The summed E-state index contributed by atoms with van der Waals surface area (Å²) in [5.74, 6) is -0.0532. The molecule has 2 heterocycles. The molecule has 3 aliphatic rings. The molecule has 0 bridgehead atoms. The van der Waals surface area contributed by atoms with Crippen molar-refractivity contribution in [3.05, 3.63) is 29.8 Å². The first-order valence-corrected chi connectivity index (χ1v) is 10.5. The van der Waals surface area contributed by atoms with Gasteiger partial charge in [-0.05, 0) is 37.0 Å². The zero-order valence-electron chi connectivity index (χ0n) is 16.8. The van der Waals surface area contributed by atoms with Crippen LogP contribution < -0.4 is 4.74 Å².